The monoisotopic (exact) mass is 254 g/mol. The van der Waals surface area contributed by atoms with E-state index < -0.39 is 0 Å². The van der Waals surface area contributed by atoms with Crippen molar-refractivity contribution in [2.24, 2.45) is 17.3 Å². The van der Waals surface area contributed by atoms with Crippen molar-refractivity contribution in [1.29, 1.82) is 0 Å². The minimum absolute atomic E-state index is 0.0926. The summed E-state index contributed by atoms with van der Waals surface area (Å²) in [5.41, 5.74) is -0.189. The summed E-state index contributed by atoms with van der Waals surface area (Å²) in [5.74, 6) is 1.06. The summed E-state index contributed by atoms with van der Waals surface area (Å²) in [6, 6.07) is 0. The average molecular weight is 254 g/mol. The van der Waals surface area contributed by atoms with Gasteiger partial charge < -0.3 is 0 Å². The zero-order valence-corrected chi connectivity index (χ0v) is 13.0. The molecule has 0 bridgehead atoms. The van der Waals surface area contributed by atoms with E-state index in [-0.39, 0.29) is 11.3 Å². The maximum atomic E-state index is 12.1. The molecule has 0 amide bonds. The maximum Gasteiger partial charge on any atom is 0.136 e. The van der Waals surface area contributed by atoms with Crippen molar-refractivity contribution < 1.29 is 9.59 Å². The smallest absolute Gasteiger partial charge is 0.136 e. The Balaban J connectivity index is 4.29. The molecule has 0 aliphatic rings. The summed E-state index contributed by atoms with van der Waals surface area (Å²) in [6.07, 6.45) is 3.72. The topological polar surface area (TPSA) is 34.1 Å². The van der Waals surface area contributed by atoms with E-state index >= 15 is 0 Å². The normalized spacial score (nSPS) is 13.7. The number of hydrogen-bond donors (Lipinski definition) is 0. The van der Waals surface area contributed by atoms with Crippen LogP contribution in [-0.4, -0.2) is 11.6 Å². The molecule has 106 valence electrons. The number of carbonyl (C=O) groups excluding carboxylic acids is 2. The molecule has 0 aliphatic heterocycles. The van der Waals surface area contributed by atoms with Crippen LogP contribution in [0.4, 0.5) is 0 Å². The van der Waals surface area contributed by atoms with E-state index in [1.807, 2.05) is 20.8 Å². The van der Waals surface area contributed by atoms with Crippen LogP contribution in [0.2, 0.25) is 0 Å². The summed E-state index contributed by atoms with van der Waals surface area (Å²) < 4.78 is 0. The van der Waals surface area contributed by atoms with Gasteiger partial charge in [-0.05, 0) is 17.8 Å². The lowest BCUT2D eigenvalue weighted by molar-refractivity contribution is -0.126. The van der Waals surface area contributed by atoms with Crippen LogP contribution in [-0.2, 0) is 9.59 Å². The highest BCUT2D eigenvalue weighted by Gasteiger charge is 2.28. The SMILES string of the molecule is CCCCC(=O)CC(C)(C)CC(=O)C(C)C(C)C. The second kappa shape index (κ2) is 7.70. The van der Waals surface area contributed by atoms with E-state index in [2.05, 4.69) is 20.8 Å². The molecule has 0 radical (unpaired) electrons. The van der Waals surface area contributed by atoms with Gasteiger partial charge in [0.1, 0.15) is 11.6 Å². The third-order valence-electron chi connectivity index (χ3n) is 3.65. The number of Topliss-reactive ketones (excluding diaryl/α,β-unsaturated/α-hetero) is 2. The Morgan fingerprint density at radius 2 is 1.61 bits per heavy atom. The highest BCUT2D eigenvalue weighted by molar-refractivity contribution is 5.83. The summed E-state index contributed by atoms with van der Waals surface area (Å²) in [6.45, 7) is 12.3. The molecule has 0 fully saturated rings. The highest BCUT2D eigenvalue weighted by Crippen LogP contribution is 2.29. The van der Waals surface area contributed by atoms with Crippen molar-refractivity contribution in [3.63, 3.8) is 0 Å². The highest BCUT2D eigenvalue weighted by atomic mass is 16.1. The van der Waals surface area contributed by atoms with E-state index in [1.54, 1.807) is 0 Å². The Morgan fingerprint density at radius 3 is 2.06 bits per heavy atom. The minimum atomic E-state index is -0.189. The fourth-order valence-electron chi connectivity index (χ4n) is 2.06. The van der Waals surface area contributed by atoms with Gasteiger partial charge in [0, 0.05) is 25.2 Å². The van der Waals surface area contributed by atoms with Crippen molar-refractivity contribution in [3.05, 3.63) is 0 Å². The van der Waals surface area contributed by atoms with Crippen molar-refractivity contribution in [2.45, 2.75) is 73.6 Å². The number of hydrogen-bond acceptors (Lipinski definition) is 2. The number of ketones is 2. The zero-order valence-electron chi connectivity index (χ0n) is 13.0. The zero-order chi connectivity index (χ0) is 14.3. The van der Waals surface area contributed by atoms with Crippen LogP contribution in [0.1, 0.15) is 73.6 Å². The van der Waals surface area contributed by atoms with Gasteiger partial charge in [-0.25, -0.2) is 0 Å². The molecule has 1 atom stereocenters. The Morgan fingerprint density at radius 1 is 1.06 bits per heavy atom. The predicted molar refractivity (Wildman–Crippen MR) is 76.6 cm³/mol. The lowest BCUT2D eigenvalue weighted by Crippen LogP contribution is -2.26. The molecule has 0 saturated heterocycles. The van der Waals surface area contributed by atoms with Crippen LogP contribution in [0.25, 0.3) is 0 Å². The molecule has 2 nitrogen and oxygen atoms in total. The quantitative estimate of drug-likeness (QED) is 0.610. The first kappa shape index (κ1) is 17.3. The van der Waals surface area contributed by atoms with E-state index in [9.17, 15) is 9.59 Å². The van der Waals surface area contributed by atoms with E-state index in [1.165, 1.54) is 0 Å². The third-order valence-corrected chi connectivity index (χ3v) is 3.65. The molecule has 0 aromatic heterocycles. The van der Waals surface area contributed by atoms with Crippen LogP contribution in [0.3, 0.4) is 0 Å². The average Bonchev–Trinajstić information content (AvgIpc) is 2.23. The standard InChI is InChI=1S/C16H30O2/c1-7-8-9-14(17)10-16(5,6)11-15(18)13(4)12(2)3/h12-13H,7-11H2,1-6H3. The summed E-state index contributed by atoms with van der Waals surface area (Å²) in [5, 5.41) is 0. The molecule has 0 aromatic carbocycles. The van der Waals surface area contributed by atoms with Crippen molar-refractivity contribution in [1.82, 2.24) is 0 Å². The second-order valence-corrected chi connectivity index (χ2v) is 6.66. The largest absolute Gasteiger partial charge is 0.300 e. The Labute approximate surface area is 113 Å². The number of unbranched alkanes of at least 4 members (excludes halogenated alkanes) is 1. The van der Waals surface area contributed by atoms with Crippen LogP contribution in [0, 0.1) is 17.3 Å². The van der Waals surface area contributed by atoms with Crippen molar-refractivity contribution in [2.75, 3.05) is 0 Å². The van der Waals surface area contributed by atoms with Crippen molar-refractivity contribution >= 4 is 11.6 Å². The molecule has 1 unspecified atom stereocenters. The van der Waals surface area contributed by atoms with Gasteiger partial charge in [-0.1, -0.05) is 48.0 Å². The molecular weight excluding hydrogens is 224 g/mol. The first-order valence-corrected chi connectivity index (χ1v) is 7.24. The van der Waals surface area contributed by atoms with Gasteiger partial charge in [-0.15, -0.1) is 0 Å². The van der Waals surface area contributed by atoms with Gasteiger partial charge in [0.25, 0.3) is 0 Å². The molecule has 0 heterocycles. The van der Waals surface area contributed by atoms with Gasteiger partial charge in [0.05, 0.1) is 0 Å². The minimum Gasteiger partial charge on any atom is -0.300 e. The van der Waals surface area contributed by atoms with Crippen molar-refractivity contribution in [3.8, 4) is 0 Å². The molecule has 0 aromatic rings. The lowest BCUT2D eigenvalue weighted by Gasteiger charge is -2.25. The lowest BCUT2D eigenvalue weighted by atomic mass is 9.78. The van der Waals surface area contributed by atoms with Crippen LogP contribution in [0.15, 0.2) is 0 Å². The molecule has 0 saturated carbocycles. The molecule has 0 aliphatic carbocycles. The van der Waals surface area contributed by atoms with E-state index in [4.69, 9.17) is 0 Å². The molecule has 0 rings (SSSR count). The van der Waals surface area contributed by atoms with Gasteiger partial charge in [0.15, 0.2) is 0 Å². The third kappa shape index (κ3) is 6.93. The Hall–Kier alpha value is -0.660. The van der Waals surface area contributed by atoms with E-state index in [0.717, 1.165) is 12.8 Å². The van der Waals surface area contributed by atoms with Gasteiger partial charge in [-0.2, -0.15) is 0 Å². The number of carbonyl (C=O) groups is 2. The fraction of sp³-hybridized carbons (Fsp3) is 0.875. The van der Waals surface area contributed by atoms with Gasteiger partial charge >= 0.3 is 0 Å². The molecule has 18 heavy (non-hydrogen) atoms. The molecule has 0 N–H and O–H groups in total. The molecule has 2 heteroatoms. The fourth-order valence-corrected chi connectivity index (χ4v) is 2.06. The van der Waals surface area contributed by atoms with Crippen LogP contribution >= 0.6 is 0 Å². The van der Waals surface area contributed by atoms with E-state index in [0.29, 0.717) is 36.7 Å². The Kier molecular flexibility index (Phi) is 7.42. The summed E-state index contributed by atoms with van der Waals surface area (Å²) >= 11 is 0. The molecular formula is C16H30O2. The number of rotatable bonds is 9. The first-order chi connectivity index (χ1) is 8.19. The van der Waals surface area contributed by atoms with Gasteiger partial charge in [-0.3, -0.25) is 9.59 Å². The second-order valence-electron chi connectivity index (χ2n) is 6.66. The van der Waals surface area contributed by atoms with Crippen LogP contribution < -0.4 is 0 Å². The predicted octanol–water partition coefficient (Wildman–Crippen LogP) is 4.41. The van der Waals surface area contributed by atoms with Gasteiger partial charge in [0.2, 0.25) is 0 Å². The van der Waals surface area contributed by atoms with Crippen LogP contribution in [0.5, 0.6) is 0 Å². The Bertz CT molecular complexity index is 277. The summed E-state index contributed by atoms with van der Waals surface area (Å²) in [4.78, 5) is 23.9. The molecule has 0 spiro atoms. The maximum absolute atomic E-state index is 12.1. The first-order valence-electron chi connectivity index (χ1n) is 7.24. The summed E-state index contributed by atoms with van der Waals surface area (Å²) in [7, 11) is 0.